The van der Waals surface area contributed by atoms with Gasteiger partial charge in [0.05, 0.1) is 23.1 Å². The number of nitrogens with one attached hydrogen (secondary N) is 2. The number of halogens is 1. The van der Waals surface area contributed by atoms with Crippen molar-refractivity contribution in [3.05, 3.63) is 44.3 Å². The molecule has 1 aromatic heterocycles. The van der Waals surface area contributed by atoms with Crippen LogP contribution in [0.25, 0.3) is 0 Å². The van der Waals surface area contributed by atoms with Gasteiger partial charge in [-0.25, -0.2) is 4.90 Å². The minimum Gasteiger partial charge on any atom is -0.370 e. The number of rotatable bonds is 4. The lowest BCUT2D eigenvalue weighted by molar-refractivity contribution is -0.130. The van der Waals surface area contributed by atoms with Crippen molar-refractivity contribution in [3.8, 4) is 6.07 Å². The summed E-state index contributed by atoms with van der Waals surface area (Å²) in [5.74, 6) is -3.91. The van der Waals surface area contributed by atoms with Crippen molar-refractivity contribution in [2.45, 2.75) is 57.0 Å². The van der Waals surface area contributed by atoms with Gasteiger partial charge in [0, 0.05) is 27.9 Å². The van der Waals surface area contributed by atoms with Gasteiger partial charge < -0.3 is 11.1 Å². The van der Waals surface area contributed by atoms with Crippen molar-refractivity contribution in [2.75, 3.05) is 10.2 Å². The van der Waals surface area contributed by atoms with E-state index in [1.165, 1.54) is 11.3 Å². The zero-order valence-electron chi connectivity index (χ0n) is 20.0. The molecular weight excluding hydrogens is 514 g/mol. The molecule has 2 saturated heterocycles. The Hall–Kier alpha value is -3.26. The standard InChI is InChI=1S/C26H24ClN5O4S/c1-11-15(27)7-6-14-21(11)30-25(36)26(14)20-19(16(31-26)8-9-18(29)33)22(34)32(23(20)35)24-13(10-28)12-4-2-3-5-17(12)37-24/h6-7,16,19-20,31H,2-5,8-9H2,1H3,(H2,29,33)(H,30,36)/t16-,19-,20+,26-/m1/s1. The van der Waals surface area contributed by atoms with E-state index in [1.807, 2.05) is 0 Å². The molecular formula is C26H24ClN5O4S. The smallest absolute Gasteiger partial charge is 0.250 e. The lowest BCUT2D eigenvalue weighted by Crippen LogP contribution is -2.53. The van der Waals surface area contributed by atoms with Gasteiger partial charge in [0.2, 0.25) is 23.6 Å². The second kappa shape index (κ2) is 8.38. The molecule has 0 radical (unpaired) electrons. The van der Waals surface area contributed by atoms with Crippen molar-refractivity contribution in [2.24, 2.45) is 17.6 Å². The van der Waals surface area contributed by atoms with Crippen molar-refractivity contribution < 1.29 is 19.2 Å². The molecule has 1 spiro atoms. The third-order valence-corrected chi connectivity index (χ3v) is 9.94. The third-order valence-electron chi connectivity index (χ3n) is 8.25. The molecule has 0 saturated carbocycles. The van der Waals surface area contributed by atoms with Gasteiger partial charge in [-0.15, -0.1) is 11.3 Å². The van der Waals surface area contributed by atoms with Crippen LogP contribution in [0.5, 0.6) is 0 Å². The number of aryl methyl sites for hydroxylation is 1. The molecule has 9 nitrogen and oxygen atoms in total. The lowest BCUT2D eigenvalue weighted by Gasteiger charge is -2.29. The lowest BCUT2D eigenvalue weighted by atomic mass is 9.76. The van der Waals surface area contributed by atoms with Crippen LogP contribution in [0.15, 0.2) is 12.1 Å². The van der Waals surface area contributed by atoms with E-state index in [0.717, 1.165) is 41.0 Å². The number of carbonyl (C=O) groups is 4. The number of thiophene rings is 1. The number of amides is 4. The van der Waals surface area contributed by atoms with E-state index in [0.29, 0.717) is 32.4 Å². The van der Waals surface area contributed by atoms with Crippen LogP contribution in [-0.4, -0.2) is 29.7 Å². The van der Waals surface area contributed by atoms with E-state index in [-0.39, 0.29) is 12.8 Å². The predicted molar refractivity (Wildman–Crippen MR) is 137 cm³/mol. The van der Waals surface area contributed by atoms with Gasteiger partial charge in [0.1, 0.15) is 16.6 Å². The Balaban J connectivity index is 1.51. The Morgan fingerprint density at radius 2 is 2.03 bits per heavy atom. The highest BCUT2D eigenvalue weighted by Gasteiger charge is 2.71. The summed E-state index contributed by atoms with van der Waals surface area (Å²) in [5, 5.41) is 17.0. The van der Waals surface area contributed by atoms with E-state index >= 15 is 0 Å². The number of hydrogen-bond donors (Lipinski definition) is 3. The summed E-state index contributed by atoms with van der Waals surface area (Å²) in [6, 6.07) is 4.96. The van der Waals surface area contributed by atoms with E-state index < -0.39 is 47.0 Å². The Kier molecular flexibility index (Phi) is 5.46. The van der Waals surface area contributed by atoms with Crippen molar-refractivity contribution in [1.82, 2.24) is 5.32 Å². The van der Waals surface area contributed by atoms with Crippen LogP contribution in [0.3, 0.4) is 0 Å². The highest BCUT2D eigenvalue weighted by atomic mass is 35.5. The van der Waals surface area contributed by atoms with Crippen LogP contribution in [0.4, 0.5) is 10.7 Å². The van der Waals surface area contributed by atoms with Gasteiger partial charge in [0.25, 0.3) is 0 Å². The van der Waals surface area contributed by atoms with Crippen molar-refractivity contribution >= 4 is 57.3 Å². The molecule has 1 aliphatic carbocycles. The minimum atomic E-state index is -1.51. The van der Waals surface area contributed by atoms with Gasteiger partial charge in [-0.1, -0.05) is 17.7 Å². The average Bonchev–Trinajstić information content (AvgIpc) is 3.56. The largest absolute Gasteiger partial charge is 0.370 e. The van der Waals surface area contributed by atoms with Crippen molar-refractivity contribution in [1.29, 1.82) is 5.26 Å². The number of carbonyl (C=O) groups excluding carboxylic acids is 4. The summed E-state index contributed by atoms with van der Waals surface area (Å²) < 4.78 is 0. The minimum absolute atomic E-state index is 0.0106. The van der Waals surface area contributed by atoms with Crippen LogP contribution in [0.2, 0.25) is 5.02 Å². The van der Waals surface area contributed by atoms with E-state index in [1.54, 1.807) is 19.1 Å². The van der Waals surface area contributed by atoms with Crippen molar-refractivity contribution in [3.63, 3.8) is 0 Å². The number of fused-ring (bicyclic) bond motifs is 5. The highest BCUT2D eigenvalue weighted by molar-refractivity contribution is 7.17. The zero-order chi connectivity index (χ0) is 26.2. The Morgan fingerprint density at radius 1 is 1.27 bits per heavy atom. The maximum atomic E-state index is 14.2. The SMILES string of the molecule is Cc1c(Cl)ccc2c1NC(=O)[C@@]21N[C@H](CCC(N)=O)[C@H]2C(=O)N(c3sc4c(c3C#N)CCCC4)C(=O)[C@H]21. The number of primary amides is 1. The number of anilines is 2. The van der Waals surface area contributed by atoms with Crippen LogP contribution >= 0.6 is 22.9 Å². The first-order valence-electron chi connectivity index (χ1n) is 12.3. The first-order valence-corrected chi connectivity index (χ1v) is 13.5. The fraction of sp³-hybridized carbons (Fsp3) is 0.423. The molecule has 11 heteroatoms. The molecule has 4 heterocycles. The Morgan fingerprint density at radius 3 is 2.76 bits per heavy atom. The Bertz CT molecular complexity index is 1460. The van der Waals surface area contributed by atoms with Gasteiger partial charge >= 0.3 is 0 Å². The fourth-order valence-electron chi connectivity index (χ4n) is 6.56. The zero-order valence-corrected chi connectivity index (χ0v) is 21.6. The molecule has 4 atom stereocenters. The second-order valence-corrected chi connectivity index (χ2v) is 11.6. The molecule has 190 valence electrons. The summed E-state index contributed by atoms with van der Waals surface area (Å²) in [6.07, 6.45) is 3.66. The molecule has 1 aromatic carbocycles. The third kappa shape index (κ3) is 3.17. The molecule has 4 aliphatic rings. The van der Waals surface area contributed by atoms with Crippen LogP contribution in [-0.2, 0) is 37.6 Å². The average molecular weight is 538 g/mol. The molecule has 0 bridgehead atoms. The molecule has 0 unspecified atom stereocenters. The quantitative estimate of drug-likeness (QED) is 0.511. The monoisotopic (exact) mass is 537 g/mol. The summed E-state index contributed by atoms with van der Waals surface area (Å²) in [6.45, 7) is 1.78. The second-order valence-electron chi connectivity index (χ2n) is 10.1. The van der Waals surface area contributed by atoms with E-state index in [9.17, 15) is 24.4 Å². The van der Waals surface area contributed by atoms with E-state index in [2.05, 4.69) is 16.7 Å². The summed E-state index contributed by atoms with van der Waals surface area (Å²) >= 11 is 7.64. The van der Waals surface area contributed by atoms with Crippen LogP contribution in [0, 0.1) is 30.1 Å². The molecule has 6 rings (SSSR count). The molecule has 2 fully saturated rings. The van der Waals surface area contributed by atoms with Gasteiger partial charge in [-0.2, -0.15) is 5.26 Å². The number of hydrogen-bond acceptors (Lipinski definition) is 7. The number of nitrogens with two attached hydrogens (primary N) is 1. The van der Waals surface area contributed by atoms with Gasteiger partial charge in [-0.3, -0.25) is 24.5 Å². The fourth-order valence-corrected chi connectivity index (χ4v) is 8.07. The molecule has 4 N–H and O–H groups in total. The molecule has 3 aliphatic heterocycles. The normalized spacial score (nSPS) is 27.8. The first kappa shape index (κ1) is 24.1. The number of nitrogens with zero attached hydrogens (tertiary/aromatic N) is 2. The summed E-state index contributed by atoms with van der Waals surface area (Å²) in [4.78, 5) is 55.7. The topological polar surface area (TPSA) is 145 Å². The van der Waals surface area contributed by atoms with E-state index in [4.69, 9.17) is 17.3 Å². The predicted octanol–water partition coefficient (Wildman–Crippen LogP) is 2.65. The maximum Gasteiger partial charge on any atom is 0.250 e. The maximum absolute atomic E-state index is 14.2. The number of nitriles is 1. The van der Waals surface area contributed by atoms with Gasteiger partial charge in [-0.05, 0) is 56.2 Å². The number of benzene rings is 1. The van der Waals surface area contributed by atoms with Crippen LogP contribution < -0.4 is 21.3 Å². The Labute approximate surface area is 221 Å². The molecule has 37 heavy (non-hydrogen) atoms. The molecule has 2 aromatic rings. The summed E-state index contributed by atoms with van der Waals surface area (Å²) in [5.41, 5.74) is 6.91. The summed E-state index contributed by atoms with van der Waals surface area (Å²) in [7, 11) is 0. The van der Waals surface area contributed by atoms with Gasteiger partial charge in [0.15, 0.2) is 0 Å². The molecule has 4 amide bonds. The van der Waals surface area contributed by atoms with Crippen LogP contribution in [0.1, 0.15) is 52.8 Å². The number of imide groups is 1. The highest BCUT2D eigenvalue weighted by Crippen LogP contribution is 2.56. The first-order chi connectivity index (χ1) is 17.7.